The molecule has 8 aromatic rings. The van der Waals surface area contributed by atoms with Crippen molar-refractivity contribution in [3.05, 3.63) is 58.7 Å². The Morgan fingerprint density at radius 2 is 0.856 bits per heavy atom. The Labute approximate surface area is 621 Å². The van der Waals surface area contributed by atoms with E-state index in [0.29, 0.717) is 25.7 Å². The lowest BCUT2D eigenvalue weighted by atomic mass is 10.1. The predicted molar refractivity (Wildman–Crippen MR) is 359 cm³/mol. The van der Waals surface area contributed by atoms with Crippen molar-refractivity contribution in [1.29, 1.82) is 0 Å². The fourth-order valence-corrected chi connectivity index (χ4v) is 17.9. The van der Waals surface area contributed by atoms with Crippen LogP contribution in [0.25, 0.3) is 44.7 Å². The number of terminal acetylenes is 2. The van der Waals surface area contributed by atoms with Crippen molar-refractivity contribution in [2.45, 2.75) is 144 Å². The van der Waals surface area contributed by atoms with Gasteiger partial charge in [0.1, 0.15) is 96.9 Å². The van der Waals surface area contributed by atoms with E-state index < -0.39 is 183 Å². The predicted octanol–water partition coefficient (Wildman–Crippen LogP) is -2.69. The molecule has 14 rings (SSSR count). The molecule has 22 atom stereocenters. The molecule has 0 radical (unpaired) electrons. The third-order valence-corrected chi connectivity index (χ3v) is 22.9. The molecule has 58 heteroatoms. The number of aliphatic hydroxyl groups is 2. The molecule has 111 heavy (non-hydrogen) atoms. The number of nitrogens with two attached hydrogens (primary N) is 4. The summed E-state index contributed by atoms with van der Waals surface area (Å²) >= 11 is 0. The van der Waals surface area contributed by atoms with E-state index in [1.807, 2.05) is 0 Å². The van der Waals surface area contributed by atoms with E-state index in [4.69, 9.17) is 109 Å². The number of fused-ring (bicyclic) bond motifs is 8. The molecule has 6 aliphatic heterocycles. The topological polar surface area (TPSA) is 742 Å². The van der Waals surface area contributed by atoms with Crippen molar-refractivity contribution >= 4 is 115 Å². The quantitative estimate of drug-likeness (QED) is 0.0238. The van der Waals surface area contributed by atoms with Gasteiger partial charge in [0.15, 0.2) is 70.2 Å². The molecule has 6 fully saturated rings. The molecular weight excluding hydrogens is 1610 g/mol. The Bertz CT molecular complexity index is 5270. The van der Waals surface area contributed by atoms with Gasteiger partial charge in [0.2, 0.25) is 11.9 Å². The molecule has 0 amide bonds. The number of ether oxygens (including phenoxy) is 4. The van der Waals surface area contributed by atoms with Gasteiger partial charge < -0.3 is 118 Å². The average molecular weight is 1680 g/mol. The van der Waals surface area contributed by atoms with Crippen LogP contribution in [0.4, 0.5) is 23.5 Å². The zero-order chi connectivity index (χ0) is 78.6. The number of nitrogens with one attached hydrogen (secondary N) is 2. The number of aromatic nitrogens is 16. The lowest BCUT2D eigenvalue weighted by molar-refractivity contribution is -0.238. The Kier molecular flexibility index (Phi) is 24.8. The number of aromatic amines is 2. The molecule has 6 aliphatic rings. The van der Waals surface area contributed by atoms with Crippen LogP contribution in [0.5, 0.6) is 0 Å². The largest absolute Gasteiger partial charge is 0.756 e. The summed E-state index contributed by atoms with van der Waals surface area (Å²) in [7, 11) is -32.3. The standard InChI is InChI=1S/C26H33N10O17P3.C26H33N10O15P3.CH4/c1-2-3-4-5-6-46-54(40,41)53-18-17-12(50-24(18)36-10-30-14-20(36)32-26(28)34-22(14)39)8-48-55(42,43)51-16-11(7-47-56(44,45)52-17)49-23(15(16)37)35-9-29-13-19(35)31-25(27)33-21(13)38;1-2-3-4-5-6-44-52(38,39)51-20-19-14(48-26(20)36-12-34-16-22(28)30-10-32-24(16)36)8-46-53(40,41)49-18-13(7-45-54(42,43)50-19)47-25(17(18)37)35-11-33-15-21(27)29-9-31-23(15)35;/h1,9-12,15-18,23-24,37H,3-8H2,(H,40,41)(H,42,43)(H,44,45)(H3,27,31,33,38)(H3,28,32,34,39);1,9-14,17-20,25-26,37H,3-8H2,(H,38,39)(H,40,41)(H,42,43)(H2,27,29,31)(H2,28,30,32);1H4/p-4/t11-,12-,15?,16+,17?,18+,23-,24-;13-,14-,17?,18+,19?,20+,25-,26-;/m11./s1. The first-order valence-corrected chi connectivity index (χ1v) is 41.0. The molecule has 10 unspecified atom stereocenters. The molecule has 6 saturated heterocycles. The van der Waals surface area contributed by atoms with Gasteiger partial charge in [0, 0.05) is 12.8 Å². The van der Waals surface area contributed by atoms with E-state index in [-0.39, 0.29) is 102 Å². The minimum absolute atomic E-state index is 0. The number of rotatable bonds is 18. The van der Waals surface area contributed by atoms with E-state index in [0.717, 1.165) is 45.3 Å². The first-order valence-electron chi connectivity index (χ1n) is 32.2. The fraction of sp³-hybridized carbons (Fsp3) is 0.547. The van der Waals surface area contributed by atoms with Crippen molar-refractivity contribution < 1.29 is 140 Å². The van der Waals surface area contributed by atoms with E-state index in [1.54, 1.807) is 0 Å². The first kappa shape index (κ1) is 83.0. The summed E-state index contributed by atoms with van der Waals surface area (Å²) in [5, 5.41) is 22.5. The number of hydrogen-bond acceptors (Lipinski definition) is 44. The molecule has 8 aromatic heterocycles. The van der Waals surface area contributed by atoms with Crippen molar-refractivity contribution in [1.82, 2.24) is 78.1 Å². The maximum absolute atomic E-state index is 13.6. The van der Waals surface area contributed by atoms with Gasteiger partial charge in [-0.15, -0.1) is 24.7 Å². The Morgan fingerprint density at radius 1 is 0.514 bits per heavy atom. The zero-order valence-corrected chi connectivity index (χ0v) is 61.2. The Hall–Kier alpha value is -7.46. The second-order valence-corrected chi connectivity index (χ2v) is 32.5. The zero-order valence-electron chi connectivity index (χ0n) is 55.8. The molecule has 0 bridgehead atoms. The molecule has 0 spiro atoms. The van der Waals surface area contributed by atoms with E-state index in [2.05, 4.69) is 71.6 Å². The van der Waals surface area contributed by atoms with Gasteiger partial charge in [0.05, 0.1) is 65.0 Å². The summed E-state index contributed by atoms with van der Waals surface area (Å²) in [4.78, 5) is 144. The van der Waals surface area contributed by atoms with Crippen molar-refractivity contribution in [3.63, 3.8) is 0 Å². The van der Waals surface area contributed by atoms with Crippen LogP contribution in [0.3, 0.4) is 0 Å². The third kappa shape index (κ3) is 18.2. The van der Waals surface area contributed by atoms with E-state index in [1.165, 1.54) is 10.9 Å². The number of aliphatic hydroxyl groups excluding tert-OH is 2. The normalized spacial score (nSPS) is 33.7. The Morgan fingerprint density at radius 3 is 1.25 bits per heavy atom. The van der Waals surface area contributed by atoms with Crippen LogP contribution in [-0.4, -0.2) is 211 Å². The van der Waals surface area contributed by atoms with Crippen LogP contribution in [0, 0.1) is 24.7 Å². The van der Waals surface area contributed by atoms with Crippen LogP contribution < -0.4 is 53.6 Å². The summed E-state index contributed by atoms with van der Waals surface area (Å²) in [6.45, 7) is -4.77. The Balaban J connectivity index is 0.000000205. The highest BCUT2D eigenvalue weighted by Gasteiger charge is 2.57. The number of anilines is 4. The van der Waals surface area contributed by atoms with Gasteiger partial charge in [-0.2, -0.15) is 9.97 Å². The smallest absolute Gasteiger partial charge is 0.472 e. The second-order valence-electron chi connectivity index (χ2n) is 24.3. The SMILES string of the molecule is C.C#CCCCCOP(=O)([O-])O[C@H]1C2OP(=O)(O)OC[C@H]3O[C@@H](n4cnc5c(=O)[nH]c(N)nc54)C(O)[C@H]3OP(=O)([O-])OC[C@H]2O[C@H]1n1cnc2c(=O)[nH]c(N)nc21.C#CCCCCOP(=O)([O-])O[C@H]1C2OP(=O)(O)OC[C@H]3O[C@@H](n4cnc5c(N)ncnc54)C(O)[C@H]3OP(=O)([O-])OC[C@H]2O[C@H]1n1cnc2c(N)ncnc21. The fourth-order valence-electron chi connectivity index (χ4n) is 12.2. The summed E-state index contributed by atoms with van der Waals surface area (Å²) < 4.78 is 171. The number of phosphoric ester groups is 6. The number of nitrogen functional groups attached to an aromatic ring is 4. The van der Waals surface area contributed by atoms with Crippen LogP contribution >= 0.6 is 46.9 Å². The summed E-state index contributed by atoms with van der Waals surface area (Å²) in [5.41, 5.74) is 20.9. The molecule has 0 aromatic carbocycles. The molecule has 14 N–H and O–H groups in total. The molecule has 14 heterocycles. The molecule has 604 valence electrons. The van der Waals surface area contributed by atoms with Gasteiger partial charge >= 0.3 is 15.6 Å². The number of nitrogens with zero attached hydrogens (tertiary/aromatic N) is 14. The van der Waals surface area contributed by atoms with E-state index in [9.17, 15) is 76.6 Å². The van der Waals surface area contributed by atoms with Gasteiger partial charge in [-0.1, -0.05) is 7.43 Å². The van der Waals surface area contributed by atoms with Crippen molar-refractivity contribution in [2.75, 3.05) is 62.6 Å². The average Bonchev–Trinajstić information content (AvgIpc) is 1.61. The number of H-pyrrole nitrogens is 2. The molecule has 0 aliphatic carbocycles. The monoisotopic (exact) mass is 1680 g/mol. The highest BCUT2D eigenvalue weighted by molar-refractivity contribution is 7.48. The van der Waals surface area contributed by atoms with Crippen LogP contribution in [0.1, 0.15) is 70.9 Å². The van der Waals surface area contributed by atoms with Crippen LogP contribution in [0.15, 0.2) is 47.6 Å². The van der Waals surface area contributed by atoms with Crippen molar-refractivity contribution in [3.8, 4) is 24.7 Å². The second kappa shape index (κ2) is 33.2. The number of phosphoric acid groups is 6. The van der Waals surface area contributed by atoms with Gasteiger partial charge in [-0.25, -0.2) is 49.0 Å². The number of imidazole rings is 4. The highest BCUT2D eigenvalue weighted by Crippen LogP contribution is 2.58. The molecule has 0 saturated carbocycles. The lowest BCUT2D eigenvalue weighted by Crippen LogP contribution is -2.41. The third-order valence-electron chi connectivity index (χ3n) is 17.0. The highest BCUT2D eigenvalue weighted by atomic mass is 31.2. The van der Waals surface area contributed by atoms with Gasteiger partial charge in [-0.3, -0.25) is 74.2 Å². The number of unbranched alkanes of at least 4 members (excludes halogenated alkanes) is 4. The molecule has 52 nitrogen and oxygen atoms in total. The van der Waals surface area contributed by atoms with E-state index >= 15 is 0 Å². The summed E-state index contributed by atoms with van der Waals surface area (Å²) in [5.74, 6) is 4.04. The van der Waals surface area contributed by atoms with Gasteiger partial charge in [-0.05, 0) is 25.7 Å². The lowest BCUT2D eigenvalue weighted by Gasteiger charge is -2.33. The summed E-state index contributed by atoms with van der Waals surface area (Å²) in [6, 6.07) is 0. The molecular formula is C53H66N20O32P6-4. The maximum Gasteiger partial charge on any atom is 0.472 e. The van der Waals surface area contributed by atoms with Crippen molar-refractivity contribution in [2.24, 2.45) is 0 Å². The summed E-state index contributed by atoms with van der Waals surface area (Å²) in [6.07, 6.45) is -9.49. The van der Waals surface area contributed by atoms with Crippen LogP contribution in [0.2, 0.25) is 0 Å². The number of hydrogen-bond donors (Lipinski definition) is 10. The first-order chi connectivity index (χ1) is 52.1. The minimum Gasteiger partial charge on any atom is -0.756 e. The van der Waals surface area contributed by atoms with Gasteiger partial charge in [0.25, 0.3) is 42.4 Å². The minimum atomic E-state index is -5.53. The maximum atomic E-state index is 13.6. The van der Waals surface area contributed by atoms with Crippen LogP contribution in [-0.2, 0) is 101 Å².